The van der Waals surface area contributed by atoms with E-state index < -0.39 is 146 Å². The van der Waals surface area contributed by atoms with E-state index in [1.54, 1.807) is 130 Å². The fourth-order valence-corrected chi connectivity index (χ4v) is 17.2. The maximum Gasteiger partial charge on any atom is 0.353 e. The van der Waals surface area contributed by atoms with Crippen LogP contribution >= 0.6 is 52.2 Å². The van der Waals surface area contributed by atoms with E-state index in [0.717, 1.165) is 12.2 Å². The third-order valence-corrected chi connectivity index (χ3v) is 24.0. The second-order valence-corrected chi connectivity index (χ2v) is 51.1. The number of halogens is 1. The number of aromatic nitrogens is 16. The van der Waals surface area contributed by atoms with Crippen LogP contribution in [0.3, 0.4) is 0 Å². The van der Waals surface area contributed by atoms with Crippen LogP contribution in [0.1, 0.15) is 135 Å². The SMILES string of the molecule is C.C.C.C.C.CCOP(=O)(/C=C/[C@H]1O[C@@H](n2cnc3c(NC(=O)c4ccccc4)ncnc32)[C@@H]2OC(C)(C)O[C@@H]21)OCC.CCOP(=O)(/C=C/[C@H]1O[C@@H](n2cnc3c(NC(=O)c4ccccc4)ncnc32)[C@H](O)[C@@H]1O)OCC.C[Si](C)(C)I.N.Nc1ncnc2c1ncn2[C@@H]1O[C@H](/C=C/P(=O)(O)O)[C@@H](O)[C@H]1O.O.O=C(Nc1ncnc2c1ncn2[C@@H]1O[C@H](/C=C/P(=O)(O)O)[C@@H](O)[C@H]1O)c1ccccc1. The van der Waals surface area contributed by atoms with Crippen molar-refractivity contribution in [2.75, 3.05) is 48.1 Å². The molecule has 49 nitrogen and oxygen atoms in total. The molecule has 55 heteroatoms. The highest BCUT2D eigenvalue weighted by molar-refractivity contribution is 14.1. The standard InChI is InChI=1S/C25H30N5O7P.C22H26N5O7P.C18H18N5O7P.C11H14N5O6P.C3H9ISi.5CH4.H3N.H2O/c1-5-33-38(32,34-6-2)13-12-17-19-20(37-25(3,4)36-19)24(35-17)30-15-28-18-21(26-14-27-22(18)30)29-23(31)16-10-8-7-9-11-16;1-3-32-35(31,33-4-2)11-10-15-17(28)18(29)22(34-15)27-13-25-16-19(23-12-24-20(16)27)26-21(30)14-8-6-5-7-9-14;24-13-11(6-7-31(27,28)29)30-18(14(13)25)23-9-21-12-15(19-8-20-16(12)23)22-17(26)10-4-2-1-3-5-10;12-9-6-10(14-3-13-9)16(4-15-6)11-8(18)7(17)5(22-11)1-2-23(19,20)21;1-5(2,3)4;;;;;;;/h7-15,17,19-20,24H,5-6H2,1-4H3,(H,26,27,29,31);5-13,15,17-18,22,28-29H,3-4H2,1-2H3,(H,23,24,26,30);1-9,11,13-14,18,24-25H,(H2,27,28,29)(H,19,20,22,26);1-5,7-8,11,17-18H,(H2,12,13,14)(H2,19,20,21);1-3H3;5*1H4;1H3;1H2/b13-12+;11-10+;7-6+;2-1+;;;;;;;;/t17-,19-,20-,24-;15-,17-,18-,22-;11-,13-,14-,18-;5-,7-,8-,11-;;;;;;;;/m1111......../s1. The zero-order chi connectivity index (χ0) is 95.4. The van der Waals surface area contributed by atoms with Crippen molar-refractivity contribution >= 4 is 143 Å². The van der Waals surface area contributed by atoms with E-state index in [2.05, 4.69) is 117 Å². The van der Waals surface area contributed by atoms with E-state index in [9.17, 15) is 63.3 Å². The normalized spacial score (nSPS) is 23.1. The molecule has 5 aliphatic heterocycles. The van der Waals surface area contributed by atoms with Crippen LogP contribution in [0.5, 0.6) is 0 Å². The molecular weight excluding hydrogens is 2030 g/mol. The first-order chi connectivity index (χ1) is 62.6. The number of nitrogens with zero attached hydrogens (tertiary/aromatic N) is 16. The number of aliphatic hydroxyl groups is 6. The smallest absolute Gasteiger partial charge is 0.353 e. The number of rotatable bonds is 26. The lowest BCUT2D eigenvalue weighted by atomic mass is 10.1. The monoisotopic (exact) mass is 2150 g/mol. The van der Waals surface area contributed by atoms with Crippen molar-refractivity contribution in [1.82, 2.24) is 84.2 Å². The molecule has 0 aliphatic carbocycles. The van der Waals surface area contributed by atoms with Gasteiger partial charge in [-0.25, -0.2) is 59.8 Å². The van der Waals surface area contributed by atoms with Gasteiger partial charge in [0.25, 0.3) is 17.7 Å². The summed E-state index contributed by atoms with van der Waals surface area (Å²) in [6.45, 7) is 18.2. The van der Waals surface area contributed by atoms with Gasteiger partial charge in [-0.05, 0) is 102 Å². The van der Waals surface area contributed by atoms with Gasteiger partial charge in [0.1, 0.15) is 110 Å². The fraction of sp³-hybridized carbons (Fsp3) is 0.417. The summed E-state index contributed by atoms with van der Waals surface area (Å²) >= 11 is 2.52. The molecule has 0 saturated carbocycles. The summed E-state index contributed by atoms with van der Waals surface area (Å²) in [5.74, 6) is 2.63. The lowest BCUT2D eigenvalue weighted by Crippen LogP contribution is -2.30. The van der Waals surface area contributed by atoms with Crippen LogP contribution in [0.4, 0.5) is 23.3 Å². The number of fused-ring (bicyclic) bond motifs is 5. The number of nitrogens with two attached hydrogens (primary N) is 1. The van der Waals surface area contributed by atoms with Gasteiger partial charge in [-0.1, -0.05) is 111 Å². The number of anilines is 4. The molecular formula is C84H122IN21O28P4Si. The Hall–Kier alpha value is -9.98. The summed E-state index contributed by atoms with van der Waals surface area (Å²) < 4.78 is 110. The van der Waals surface area contributed by atoms with Gasteiger partial charge in [0, 0.05) is 40.0 Å². The Balaban J connectivity index is 0.000000320. The van der Waals surface area contributed by atoms with Crippen molar-refractivity contribution in [3.05, 3.63) is 206 Å². The molecule has 5 saturated heterocycles. The van der Waals surface area contributed by atoms with Crippen molar-refractivity contribution in [1.29, 1.82) is 0 Å². The minimum absolute atomic E-state index is 0. The zero-order valence-electron chi connectivity index (χ0n) is 73.0. The number of imidazole rings is 4. The number of hydrogen-bond acceptors (Lipinski definition) is 37. The highest BCUT2D eigenvalue weighted by atomic mass is 127. The average molecular weight is 2150 g/mol. The van der Waals surface area contributed by atoms with E-state index in [-0.39, 0.29) is 133 Å². The predicted octanol–water partition coefficient (Wildman–Crippen LogP) is 10.6. The number of ether oxygens (including phenoxy) is 6. The molecule has 13 heterocycles. The number of nitrogens with one attached hydrogen (secondary N) is 3. The molecule has 0 radical (unpaired) electrons. The Morgan fingerprint density at radius 2 is 0.676 bits per heavy atom. The van der Waals surface area contributed by atoms with Gasteiger partial charge in [-0.3, -0.25) is 50.9 Å². The van der Waals surface area contributed by atoms with Crippen LogP contribution in [0.2, 0.25) is 19.6 Å². The Morgan fingerprint density at radius 1 is 0.417 bits per heavy atom. The van der Waals surface area contributed by atoms with E-state index in [1.165, 1.54) is 75.7 Å². The molecule has 8 aromatic heterocycles. The highest BCUT2D eigenvalue weighted by Crippen LogP contribution is 2.53. The van der Waals surface area contributed by atoms with Crippen LogP contribution in [0.25, 0.3) is 44.7 Å². The predicted molar refractivity (Wildman–Crippen MR) is 526 cm³/mol. The molecule has 762 valence electrons. The largest absolute Gasteiger partial charge is 0.412 e. The molecule has 3 aromatic carbocycles. The van der Waals surface area contributed by atoms with Gasteiger partial charge in [-0.15, -0.1) is 21.8 Å². The summed E-state index contributed by atoms with van der Waals surface area (Å²) in [4.78, 5) is 123. The van der Waals surface area contributed by atoms with Gasteiger partial charge in [0.15, 0.2) is 93.1 Å². The number of nitrogen functional groups attached to an aromatic ring is 1. The molecule has 0 spiro atoms. The van der Waals surface area contributed by atoms with E-state index >= 15 is 0 Å². The molecule has 16 atom stereocenters. The molecule has 5 fully saturated rings. The molecule has 0 unspecified atom stereocenters. The topological polar surface area (TPSA) is 717 Å². The lowest BCUT2D eigenvalue weighted by Gasteiger charge is -2.24. The third-order valence-electron chi connectivity index (χ3n) is 19.3. The van der Waals surface area contributed by atoms with Crippen LogP contribution in [-0.2, 0) is 64.8 Å². The minimum Gasteiger partial charge on any atom is -0.412 e. The van der Waals surface area contributed by atoms with Gasteiger partial charge < -0.3 is 130 Å². The zero-order valence-corrected chi connectivity index (χ0v) is 79.7. The van der Waals surface area contributed by atoms with Crippen LogP contribution < -0.4 is 27.8 Å². The van der Waals surface area contributed by atoms with Crippen LogP contribution in [0, 0.1) is 0 Å². The summed E-state index contributed by atoms with van der Waals surface area (Å²) in [6, 6.07) is 26.0. The van der Waals surface area contributed by atoms with Gasteiger partial charge in [-0.2, -0.15) is 0 Å². The molecule has 5 aliphatic rings. The number of carbonyl (C=O) groups is 3. The van der Waals surface area contributed by atoms with Crippen molar-refractivity contribution in [3.8, 4) is 0 Å². The average Bonchev–Trinajstić information content (AvgIpc) is 1.55. The Bertz CT molecular complexity index is 6160. The molecule has 20 N–H and O–H groups in total. The lowest BCUT2D eigenvalue weighted by molar-refractivity contribution is -0.191. The van der Waals surface area contributed by atoms with E-state index in [4.69, 9.17) is 71.8 Å². The first kappa shape index (κ1) is 119. The summed E-state index contributed by atoms with van der Waals surface area (Å²) in [6.07, 6.45) is -1.53. The molecule has 139 heavy (non-hydrogen) atoms. The molecule has 11 aromatic rings. The Labute approximate surface area is 814 Å². The molecule has 16 rings (SSSR count). The van der Waals surface area contributed by atoms with Crippen LogP contribution in [0.15, 0.2) is 189 Å². The molecule has 0 bridgehead atoms. The molecule has 3 amide bonds. The summed E-state index contributed by atoms with van der Waals surface area (Å²) in [7, 11) is -15.8. The van der Waals surface area contributed by atoms with Crippen molar-refractivity contribution in [2.45, 2.75) is 202 Å². The number of aliphatic hydroxyl groups excluding tert-OH is 6. The fourth-order valence-electron chi connectivity index (χ4n) is 13.7. The summed E-state index contributed by atoms with van der Waals surface area (Å²) in [5, 5.41) is 70.0. The first-order valence-corrected chi connectivity index (χ1v) is 53.8. The summed E-state index contributed by atoms with van der Waals surface area (Å²) in [5.41, 5.74) is 8.84. The van der Waals surface area contributed by atoms with Crippen molar-refractivity contribution in [2.24, 2.45) is 0 Å². The maximum absolute atomic E-state index is 13.0. The van der Waals surface area contributed by atoms with Crippen molar-refractivity contribution < 1.29 is 135 Å². The Morgan fingerprint density at radius 3 is 0.978 bits per heavy atom. The second kappa shape index (κ2) is 51.6. The second-order valence-electron chi connectivity index (χ2n) is 30.5. The van der Waals surface area contributed by atoms with Crippen LogP contribution in [-0.4, -0.2) is 263 Å². The number of benzene rings is 3. The number of amides is 3. The van der Waals surface area contributed by atoms with Gasteiger partial charge >= 0.3 is 30.4 Å². The van der Waals surface area contributed by atoms with Gasteiger partial charge in [0.05, 0.1) is 51.7 Å². The quantitative estimate of drug-likeness (QED) is 0.0104. The van der Waals surface area contributed by atoms with Crippen molar-refractivity contribution in [3.63, 3.8) is 0 Å². The van der Waals surface area contributed by atoms with E-state index in [0.29, 0.717) is 50.7 Å². The number of hydrogen-bond donors (Lipinski definition) is 15. The first-order valence-electron chi connectivity index (χ1n) is 40.6. The Kier molecular flexibility index (Phi) is 44.4. The highest BCUT2D eigenvalue weighted by Gasteiger charge is 2.56. The third kappa shape index (κ3) is 30.1. The minimum atomic E-state index is -4.46. The maximum atomic E-state index is 13.0. The number of carbonyl (C=O) groups excluding carboxylic acids is 3. The van der Waals surface area contributed by atoms with E-state index in [1.807, 2.05) is 19.9 Å². The van der Waals surface area contributed by atoms with Gasteiger partial charge in [0.2, 0.25) is 0 Å².